The van der Waals surface area contributed by atoms with Gasteiger partial charge in [-0.15, -0.1) is 0 Å². The first-order valence-electron chi connectivity index (χ1n) is 6.67. The van der Waals surface area contributed by atoms with Crippen molar-refractivity contribution in [2.45, 2.75) is 46.4 Å². The summed E-state index contributed by atoms with van der Waals surface area (Å²) in [7, 11) is 1.34. The lowest BCUT2D eigenvalue weighted by Crippen LogP contribution is -2.39. The molecule has 0 bridgehead atoms. The second-order valence-electron chi connectivity index (χ2n) is 3.97. The second-order valence-corrected chi connectivity index (χ2v) is 3.97. The summed E-state index contributed by atoms with van der Waals surface area (Å²) >= 11 is 0. The fourth-order valence-corrected chi connectivity index (χ4v) is 1.62. The van der Waals surface area contributed by atoms with Crippen molar-refractivity contribution in [3.05, 3.63) is 35.4 Å². The fourth-order valence-electron chi connectivity index (χ4n) is 1.62. The predicted molar refractivity (Wildman–Crippen MR) is 78.8 cm³/mol. The Balaban J connectivity index is 0. The van der Waals surface area contributed by atoms with Crippen LogP contribution in [0.25, 0.3) is 0 Å². The van der Waals surface area contributed by atoms with E-state index in [-0.39, 0.29) is 7.40 Å². The third-order valence-corrected chi connectivity index (χ3v) is 2.61. The van der Waals surface area contributed by atoms with Crippen LogP contribution in [0.15, 0.2) is 24.3 Å². The van der Waals surface area contributed by atoms with Gasteiger partial charge in [-0.3, -0.25) is 10.1 Å². The summed E-state index contributed by atoms with van der Waals surface area (Å²) in [6.07, 6.45) is -0.297. The molecule has 2 N–H and O–H groups in total. The normalized spacial score (nSPS) is 12.9. The van der Waals surface area contributed by atoms with Gasteiger partial charge in [0.15, 0.2) is 0 Å². The quantitative estimate of drug-likeness (QED) is 0.637. The molecule has 0 aliphatic heterocycles. The Bertz CT molecular complexity index is 385. The monoisotopic (exact) mass is 269 g/mol. The third kappa shape index (κ3) is 5.85. The molecule has 0 radical (unpaired) electrons. The van der Waals surface area contributed by atoms with E-state index in [1.54, 1.807) is 0 Å². The van der Waals surface area contributed by atoms with Crippen LogP contribution < -0.4 is 5.32 Å². The second kappa shape index (κ2) is 9.53. The summed E-state index contributed by atoms with van der Waals surface area (Å²) in [5.74, 6) is -0.362. The average Bonchev–Trinajstić information content (AvgIpc) is 2.45. The highest BCUT2D eigenvalue weighted by atomic mass is 16.5. The van der Waals surface area contributed by atoms with Gasteiger partial charge in [0.05, 0.1) is 7.11 Å². The summed E-state index contributed by atoms with van der Waals surface area (Å²) in [6.45, 7) is 7.81. The maximum Gasteiger partial charge on any atom is 0.322 e. The van der Waals surface area contributed by atoms with Crippen molar-refractivity contribution in [2.75, 3.05) is 7.11 Å². The minimum atomic E-state index is -0.862. The summed E-state index contributed by atoms with van der Waals surface area (Å²) < 4.78 is 4.65. The zero-order valence-electron chi connectivity index (χ0n) is 12.4. The molecule has 0 saturated carbocycles. The molecule has 0 aliphatic carbocycles. The van der Waals surface area contributed by atoms with Crippen molar-refractivity contribution in [3.8, 4) is 0 Å². The van der Waals surface area contributed by atoms with Gasteiger partial charge >= 0.3 is 5.97 Å². The van der Waals surface area contributed by atoms with Crippen molar-refractivity contribution in [1.29, 1.82) is 0 Å². The largest absolute Gasteiger partial charge is 0.468 e. The number of nitrogens with one attached hydrogen (secondary N) is 1. The minimum Gasteiger partial charge on any atom is -0.468 e. The molecule has 2 atom stereocenters. The Labute approximate surface area is 117 Å². The molecule has 4 heteroatoms. The zero-order valence-corrected chi connectivity index (χ0v) is 12.4. The Morgan fingerprint density at radius 3 is 2.58 bits per heavy atom. The zero-order chi connectivity index (χ0) is 14.8. The lowest BCUT2D eigenvalue weighted by atomic mass is 10.1. The molecule has 0 aliphatic rings. The minimum absolute atomic E-state index is 0. The standard InChI is InChI=1S/C13H19NO3.C2H6.H2/c1-4-11(13(16)17-3)14-12(15)10-7-5-6-9(2)8-10;1-2;/h5-8,11-12,14-15H,4H2,1-3H3;1-2H3;1H/t11-,12?;;/m1../s1. The number of esters is 1. The van der Waals surface area contributed by atoms with Crippen LogP contribution in [0.5, 0.6) is 0 Å². The van der Waals surface area contributed by atoms with Gasteiger partial charge in [-0.2, -0.15) is 0 Å². The van der Waals surface area contributed by atoms with E-state index >= 15 is 0 Å². The molecule has 110 valence electrons. The lowest BCUT2D eigenvalue weighted by Gasteiger charge is -2.19. The molecule has 0 saturated heterocycles. The molecule has 4 nitrogen and oxygen atoms in total. The highest BCUT2D eigenvalue weighted by Crippen LogP contribution is 2.13. The number of benzene rings is 1. The van der Waals surface area contributed by atoms with Gasteiger partial charge in [0.1, 0.15) is 12.3 Å². The summed E-state index contributed by atoms with van der Waals surface area (Å²) in [5, 5.41) is 12.8. The van der Waals surface area contributed by atoms with E-state index in [0.29, 0.717) is 6.42 Å². The average molecular weight is 269 g/mol. The number of aliphatic hydroxyl groups is 1. The van der Waals surface area contributed by atoms with Crippen LogP contribution in [0, 0.1) is 6.92 Å². The van der Waals surface area contributed by atoms with Crippen LogP contribution in [0.2, 0.25) is 0 Å². The molecule has 0 fully saturated rings. The van der Waals surface area contributed by atoms with Gasteiger partial charge < -0.3 is 9.84 Å². The van der Waals surface area contributed by atoms with Gasteiger partial charge in [-0.25, -0.2) is 0 Å². The number of hydrogen-bond acceptors (Lipinski definition) is 4. The molecule has 1 rings (SSSR count). The smallest absolute Gasteiger partial charge is 0.322 e. The van der Waals surface area contributed by atoms with Gasteiger partial charge in [0.2, 0.25) is 0 Å². The Hall–Kier alpha value is -1.39. The highest BCUT2D eigenvalue weighted by molar-refractivity contribution is 5.75. The Morgan fingerprint density at radius 1 is 1.47 bits per heavy atom. The molecule has 0 amide bonds. The topological polar surface area (TPSA) is 58.6 Å². The molecule has 0 aromatic heterocycles. The van der Waals surface area contributed by atoms with Crippen molar-refractivity contribution in [3.63, 3.8) is 0 Å². The first kappa shape index (κ1) is 17.6. The van der Waals surface area contributed by atoms with E-state index in [1.165, 1.54) is 7.11 Å². The van der Waals surface area contributed by atoms with Crippen LogP contribution in [-0.2, 0) is 9.53 Å². The Kier molecular flexibility index (Phi) is 8.83. The maximum atomic E-state index is 11.4. The first-order chi connectivity index (χ1) is 9.08. The Morgan fingerprint density at radius 2 is 2.11 bits per heavy atom. The van der Waals surface area contributed by atoms with Crippen LogP contribution in [0.1, 0.15) is 46.0 Å². The van der Waals surface area contributed by atoms with Crippen molar-refractivity contribution in [2.24, 2.45) is 0 Å². The SMILES string of the molecule is CC.CC[C@@H](NC(O)c1cccc(C)c1)C(=O)OC.[HH]. The summed E-state index contributed by atoms with van der Waals surface area (Å²) in [5.41, 5.74) is 1.81. The predicted octanol–water partition coefficient (Wildman–Crippen LogP) is 2.80. The van der Waals surface area contributed by atoms with Gasteiger partial charge in [-0.05, 0) is 18.9 Å². The van der Waals surface area contributed by atoms with Crippen LogP contribution in [0.3, 0.4) is 0 Å². The number of carbonyl (C=O) groups is 1. The summed E-state index contributed by atoms with van der Waals surface area (Å²) in [4.78, 5) is 11.4. The number of hydrogen-bond donors (Lipinski definition) is 2. The number of aryl methyl sites for hydroxylation is 1. The molecule has 0 spiro atoms. The lowest BCUT2D eigenvalue weighted by molar-refractivity contribution is -0.144. The molecule has 19 heavy (non-hydrogen) atoms. The fraction of sp³-hybridized carbons (Fsp3) is 0.533. The highest BCUT2D eigenvalue weighted by Gasteiger charge is 2.20. The molecule has 1 unspecified atom stereocenters. The van der Waals surface area contributed by atoms with E-state index in [2.05, 4.69) is 10.1 Å². The van der Waals surface area contributed by atoms with E-state index in [1.807, 2.05) is 52.0 Å². The van der Waals surface area contributed by atoms with E-state index in [4.69, 9.17) is 0 Å². The maximum absolute atomic E-state index is 11.4. The number of rotatable bonds is 5. The van der Waals surface area contributed by atoms with E-state index < -0.39 is 12.3 Å². The van der Waals surface area contributed by atoms with E-state index in [0.717, 1.165) is 11.1 Å². The van der Waals surface area contributed by atoms with Crippen LogP contribution in [-0.4, -0.2) is 24.2 Å². The van der Waals surface area contributed by atoms with Gasteiger partial charge in [0, 0.05) is 1.43 Å². The molecule has 1 aromatic carbocycles. The third-order valence-electron chi connectivity index (χ3n) is 2.61. The van der Waals surface area contributed by atoms with E-state index in [9.17, 15) is 9.90 Å². The van der Waals surface area contributed by atoms with Gasteiger partial charge in [0.25, 0.3) is 0 Å². The number of aliphatic hydroxyl groups excluding tert-OH is 1. The van der Waals surface area contributed by atoms with Gasteiger partial charge in [-0.1, -0.05) is 50.6 Å². The molecular formula is C15H27NO3. The van der Waals surface area contributed by atoms with Crippen molar-refractivity contribution >= 4 is 5.97 Å². The van der Waals surface area contributed by atoms with Crippen molar-refractivity contribution in [1.82, 2.24) is 5.32 Å². The molecule has 1 aromatic rings. The molecular weight excluding hydrogens is 242 g/mol. The molecule has 0 heterocycles. The number of carbonyl (C=O) groups excluding carboxylic acids is 1. The summed E-state index contributed by atoms with van der Waals surface area (Å²) in [6, 6.07) is 7.02. The van der Waals surface area contributed by atoms with Crippen LogP contribution in [0.4, 0.5) is 0 Å². The van der Waals surface area contributed by atoms with Crippen LogP contribution >= 0.6 is 0 Å². The first-order valence-corrected chi connectivity index (χ1v) is 6.67. The van der Waals surface area contributed by atoms with Crippen molar-refractivity contribution < 1.29 is 16.1 Å². The number of ether oxygens (including phenoxy) is 1. The number of methoxy groups -OCH3 is 1.